The van der Waals surface area contributed by atoms with Crippen molar-refractivity contribution < 1.29 is 9.90 Å². The van der Waals surface area contributed by atoms with E-state index >= 15 is 0 Å². The molecule has 7 heteroatoms. The molecule has 1 fully saturated rings. The van der Waals surface area contributed by atoms with Gasteiger partial charge in [0.1, 0.15) is 11.3 Å². The molecule has 0 bridgehead atoms. The van der Waals surface area contributed by atoms with E-state index in [9.17, 15) is 9.90 Å². The molecule has 2 aromatic rings. The van der Waals surface area contributed by atoms with E-state index in [1.54, 1.807) is 17.3 Å². The van der Waals surface area contributed by atoms with Crippen molar-refractivity contribution in [3.63, 3.8) is 0 Å². The van der Waals surface area contributed by atoms with Crippen molar-refractivity contribution in [3.8, 4) is 0 Å². The Balaban J connectivity index is 1.78. The fourth-order valence-corrected chi connectivity index (χ4v) is 2.58. The summed E-state index contributed by atoms with van der Waals surface area (Å²) in [7, 11) is 0. The van der Waals surface area contributed by atoms with Gasteiger partial charge in [-0.15, -0.1) is 0 Å². The number of H-pyrrole nitrogens is 1. The molecule has 3 rings (SSSR count). The summed E-state index contributed by atoms with van der Waals surface area (Å²) in [6.45, 7) is 2.72. The number of nitrogens with one attached hydrogen (secondary N) is 1. The quantitative estimate of drug-likeness (QED) is 0.857. The van der Waals surface area contributed by atoms with Gasteiger partial charge in [-0.2, -0.15) is 15.4 Å². The summed E-state index contributed by atoms with van der Waals surface area (Å²) in [5, 5.41) is 20.7. The lowest BCUT2D eigenvalue weighted by molar-refractivity contribution is 0.0382. The van der Waals surface area contributed by atoms with Gasteiger partial charge >= 0.3 is 0 Å². The van der Waals surface area contributed by atoms with E-state index in [1.807, 2.05) is 13.0 Å². The van der Waals surface area contributed by atoms with Crippen LogP contribution in [0.1, 0.15) is 35.0 Å². The molecule has 0 aromatic carbocycles. The van der Waals surface area contributed by atoms with Crippen LogP contribution in [0.5, 0.6) is 0 Å². The van der Waals surface area contributed by atoms with Crippen LogP contribution >= 0.6 is 0 Å². The number of hydrogen-bond donors (Lipinski definition) is 2. The Kier molecular flexibility index (Phi) is 3.42. The van der Waals surface area contributed by atoms with E-state index in [-0.39, 0.29) is 12.5 Å². The van der Waals surface area contributed by atoms with Crippen molar-refractivity contribution in [3.05, 3.63) is 41.5 Å². The second-order valence-corrected chi connectivity index (χ2v) is 5.30. The molecule has 7 nitrogen and oxygen atoms in total. The van der Waals surface area contributed by atoms with Crippen LogP contribution in [0.4, 0.5) is 0 Å². The number of amides is 1. The summed E-state index contributed by atoms with van der Waals surface area (Å²) in [4.78, 5) is 18.2. The topological polar surface area (TPSA) is 95.0 Å². The minimum Gasteiger partial charge on any atom is -0.381 e. The zero-order valence-corrected chi connectivity index (χ0v) is 11.8. The first kappa shape index (κ1) is 13.7. The van der Waals surface area contributed by atoms with Gasteiger partial charge in [0.15, 0.2) is 0 Å². The highest BCUT2D eigenvalue weighted by atomic mass is 16.3. The normalized spacial score (nSPS) is 21.7. The molecule has 0 aliphatic carbocycles. The van der Waals surface area contributed by atoms with Crippen LogP contribution in [0.2, 0.25) is 0 Å². The molecule has 1 atom stereocenters. The summed E-state index contributed by atoms with van der Waals surface area (Å²) < 4.78 is 0. The predicted molar refractivity (Wildman–Crippen MR) is 74.4 cm³/mol. The summed E-state index contributed by atoms with van der Waals surface area (Å²) in [6, 6.07) is 1.85. The highest BCUT2D eigenvalue weighted by Gasteiger charge is 2.41. The second-order valence-electron chi connectivity index (χ2n) is 5.30. The summed E-state index contributed by atoms with van der Waals surface area (Å²) >= 11 is 0. The van der Waals surface area contributed by atoms with E-state index in [4.69, 9.17) is 0 Å². The van der Waals surface area contributed by atoms with E-state index in [0.717, 1.165) is 12.0 Å². The number of aromatic amines is 1. The van der Waals surface area contributed by atoms with Gasteiger partial charge in [-0.3, -0.25) is 9.78 Å². The molecular weight excluding hydrogens is 270 g/mol. The van der Waals surface area contributed by atoms with Crippen LogP contribution in [-0.4, -0.2) is 49.4 Å². The average Bonchev–Trinajstić information content (AvgIpc) is 3.17. The lowest BCUT2D eigenvalue weighted by Gasteiger charge is -2.21. The van der Waals surface area contributed by atoms with Gasteiger partial charge in [-0.05, 0) is 18.1 Å². The maximum Gasteiger partial charge on any atom is 0.255 e. The SMILES string of the molecule is CCc1cncc(C(=O)N2CC[C@@](O)(c3cn[nH]n3)C2)c1. The maximum absolute atomic E-state index is 12.5. The Morgan fingerprint density at radius 1 is 1.48 bits per heavy atom. The maximum atomic E-state index is 12.5. The number of β-amino-alcohol motifs (C(OH)–C–C–N with tert-alkyl or cyclic N) is 1. The van der Waals surface area contributed by atoms with E-state index in [0.29, 0.717) is 24.2 Å². The van der Waals surface area contributed by atoms with Crippen molar-refractivity contribution in [2.45, 2.75) is 25.4 Å². The third kappa shape index (κ3) is 2.52. The van der Waals surface area contributed by atoms with E-state index in [2.05, 4.69) is 20.4 Å². The number of likely N-dealkylation sites (tertiary alicyclic amines) is 1. The Hall–Kier alpha value is -2.28. The highest BCUT2D eigenvalue weighted by molar-refractivity contribution is 5.94. The molecule has 1 aliphatic heterocycles. The number of carbonyl (C=O) groups excluding carboxylic acids is 1. The van der Waals surface area contributed by atoms with Crippen LogP contribution in [0, 0.1) is 0 Å². The van der Waals surface area contributed by atoms with Gasteiger partial charge in [0.25, 0.3) is 5.91 Å². The lowest BCUT2D eigenvalue weighted by Crippen LogP contribution is -2.34. The monoisotopic (exact) mass is 287 g/mol. The third-order valence-electron chi connectivity index (χ3n) is 3.88. The lowest BCUT2D eigenvalue weighted by atomic mass is 10.00. The zero-order valence-electron chi connectivity index (χ0n) is 11.8. The molecule has 21 heavy (non-hydrogen) atoms. The predicted octanol–water partition coefficient (Wildman–Crippen LogP) is 0.496. The molecule has 0 saturated carbocycles. The van der Waals surface area contributed by atoms with Gasteiger partial charge in [0.05, 0.1) is 18.3 Å². The van der Waals surface area contributed by atoms with Gasteiger partial charge in [0, 0.05) is 25.4 Å². The first-order chi connectivity index (χ1) is 10.1. The Labute approximate surface area is 122 Å². The van der Waals surface area contributed by atoms with Gasteiger partial charge in [0.2, 0.25) is 0 Å². The highest BCUT2D eigenvalue weighted by Crippen LogP contribution is 2.30. The standard InChI is InChI=1S/C14H17N5O2/c1-2-10-5-11(7-15-6-10)13(20)19-4-3-14(21,9-19)12-8-16-18-17-12/h5-8,21H,2-4,9H2,1H3,(H,16,17,18)/t14-/m0/s1. The van der Waals surface area contributed by atoms with Crippen molar-refractivity contribution in [1.29, 1.82) is 0 Å². The number of carbonyl (C=O) groups is 1. The average molecular weight is 287 g/mol. The number of pyridine rings is 1. The van der Waals surface area contributed by atoms with Crippen LogP contribution in [0.15, 0.2) is 24.7 Å². The molecule has 110 valence electrons. The minimum absolute atomic E-state index is 0.114. The van der Waals surface area contributed by atoms with Crippen molar-refractivity contribution in [1.82, 2.24) is 25.3 Å². The fourth-order valence-electron chi connectivity index (χ4n) is 2.58. The molecule has 1 aliphatic rings. The number of rotatable bonds is 3. The molecule has 2 aromatic heterocycles. The Bertz CT molecular complexity index is 643. The number of aromatic nitrogens is 4. The Morgan fingerprint density at radius 3 is 3.05 bits per heavy atom. The number of hydrogen-bond acceptors (Lipinski definition) is 5. The largest absolute Gasteiger partial charge is 0.381 e. The zero-order chi connectivity index (χ0) is 14.9. The summed E-state index contributed by atoms with van der Waals surface area (Å²) in [5.41, 5.74) is 0.919. The second kappa shape index (κ2) is 5.25. The molecule has 3 heterocycles. The fraction of sp³-hybridized carbons (Fsp3) is 0.429. The first-order valence-electron chi connectivity index (χ1n) is 6.94. The molecular formula is C14H17N5O2. The van der Waals surface area contributed by atoms with Gasteiger partial charge in [-0.25, -0.2) is 0 Å². The summed E-state index contributed by atoms with van der Waals surface area (Å²) in [5.74, 6) is -0.114. The van der Waals surface area contributed by atoms with Crippen LogP contribution in [-0.2, 0) is 12.0 Å². The van der Waals surface area contributed by atoms with Gasteiger partial charge in [-0.1, -0.05) is 6.92 Å². The molecule has 0 unspecified atom stereocenters. The van der Waals surface area contributed by atoms with Crippen molar-refractivity contribution >= 4 is 5.91 Å². The first-order valence-corrected chi connectivity index (χ1v) is 6.94. The molecule has 1 amide bonds. The third-order valence-corrected chi connectivity index (χ3v) is 3.88. The Morgan fingerprint density at radius 2 is 2.33 bits per heavy atom. The number of nitrogens with zero attached hydrogens (tertiary/aromatic N) is 4. The van der Waals surface area contributed by atoms with Crippen LogP contribution in [0.25, 0.3) is 0 Å². The van der Waals surface area contributed by atoms with Crippen LogP contribution in [0.3, 0.4) is 0 Å². The molecule has 1 saturated heterocycles. The number of aliphatic hydroxyl groups is 1. The molecule has 2 N–H and O–H groups in total. The minimum atomic E-state index is -1.13. The van der Waals surface area contributed by atoms with Gasteiger partial charge < -0.3 is 10.0 Å². The molecule has 0 radical (unpaired) electrons. The van der Waals surface area contributed by atoms with Crippen molar-refractivity contribution in [2.24, 2.45) is 0 Å². The van der Waals surface area contributed by atoms with E-state index in [1.165, 1.54) is 6.20 Å². The van der Waals surface area contributed by atoms with E-state index < -0.39 is 5.60 Å². The van der Waals surface area contributed by atoms with Crippen LogP contribution < -0.4 is 0 Å². The summed E-state index contributed by atoms with van der Waals surface area (Å²) in [6.07, 6.45) is 6.10. The number of aryl methyl sites for hydroxylation is 1. The molecule has 0 spiro atoms. The smallest absolute Gasteiger partial charge is 0.255 e. The van der Waals surface area contributed by atoms with Crippen molar-refractivity contribution in [2.75, 3.05) is 13.1 Å².